The summed E-state index contributed by atoms with van der Waals surface area (Å²) < 4.78 is 0. The number of hydrogen-bond donors (Lipinski definition) is 3. The maximum absolute atomic E-state index is 5.28. The Bertz CT molecular complexity index is 164. The molecule has 0 saturated carbocycles. The van der Waals surface area contributed by atoms with Gasteiger partial charge in [0.15, 0.2) is 0 Å². The van der Waals surface area contributed by atoms with Gasteiger partial charge in [0.05, 0.1) is 11.0 Å². The van der Waals surface area contributed by atoms with Crippen LogP contribution < -0.4 is 16.0 Å². The Labute approximate surface area is 85.7 Å². The lowest BCUT2D eigenvalue weighted by Crippen LogP contribution is -2.55. The third kappa shape index (κ3) is 4.02. The van der Waals surface area contributed by atoms with Gasteiger partial charge in [-0.3, -0.25) is 0 Å². The second-order valence-electron chi connectivity index (χ2n) is 3.85. The average Bonchev–Trinajstić information content (AvgIpc) is 2.15. The second kappa shape index (κ2) is 5.52. The van der Waals surface area contributed by atoms with E-state index in [1.54, 1.807) is 0 Å². The molecule has 1 heterocycles. The van der Waals surface area contributed by atoms with E-state index in [0.29, 0.717) is 12.0 Å². The fourth-order valence-electron chi connectivity index (χ4n) is 1.27. The van der Waals surface area contributed by atoms with Crippen molar-refractivity contribution in [2.45, 2.75) is 19.9 Å². The standard InChI is InChI=1S/C9H19N3S/c1-7(2)5-12-9(13)8-6-10-3-4-11-8/h7-8,10-11H,3-6H2,1-2H3,(H,12,13). The van der Waals surface area contributed by atoms with Gasteiger partial charge in [0, 0.05) is 26.2 Å². The molecule has 1 aliphatic rings. The van der Waals surface area contributed by atoms with Gasteiger partial charge in [-0.15, -0.1) is 0 Å². The summed E-state index contributed by atoms with van der Waals surface area (Å²) in [6.07, 6.45) is 0. The van der Waals surface area contributed by atoms with Gasteiger partial charge in [-0.25, -0.2) is 0 Å². The molecule has 0 radical (unpaired) electrons. The molecule has 0 spiro atoms. The summed E-state index contributed by atoms with van der Waals surface area (Å²) in [6, 6.07) is 0.322. The van der Waals surface area contributed by atoms with Crippen molar-refractivity contribution in [3.8, 4) is 0 Å². The van der Waals surface area contributed by atoms with E-state index in [9.17, 15) is 0 Å². The summed E-state index contributed by atoms with van der Waals surface area (Å²) in [6.45, 7) is 8.34. The molecule has 1 unspecified atom stereocenters. The molecule has 0 amide bonds. The van der Waals surface area contributed by atoms with Crippen LogP contribution in [0.1, 0.15) is 13.8 Å². The van der Waals surface area contributed by atoms with Crippen LogP contribution in [0.25, 0.3) is 0 Å². The maximum atomic E-state index is 5.28. The van der Waals surface area contributed by atoms with E-state index in [0.717, 1.165) is 31.2 Å². The summed E-state index contributed by atoms with van der Waals surface area (Å²) in [5.41, 5.74) is 0. The van der Waals surface area contributed by atoms with Crippen molar-refractivity contribution in [1.82, 2.24) is 16.0 Å². The molecule has 1 aliphatic heterocycles. The Balaban J connectivity index is 2.21. The molecular weight excluding hydrogens is 182 g/mol. The molecule has 3 nitrogen and oxygen atoms in total. The van der Waals surface area contributed by atoms with Gasteiger partial charge in [0.1, 0.15) is 0 Å². The monoisotopic (exact) mass is 201 g/mol. The van der Waals surface area contributed by atoms with Crippen LogP contribution in [0, 0.1) is 5.92 Å². The van der Waals surface area contributed by atoms with Crippen LogP contribution >= 0.6 is 12.2 Å². The lowest BCUT2D eigenvalue weighted by Gasteiger charge is -2.26. The summed E-state index contributed by atoms with van der Waals surface area (Å²) in [5.74, 6) is 0.648. The zero-order valence-electron chi connectivity index (χ0n) is 8.39. The highest BCUT2D eigenvalue weighted by atomic mass is 32.1. The minimum atomic E-state index is 0.322. The molecule has 0 aromatic heterocycles. The van der Waals surface area contributed by atoms with Gasteiger partial charge in [-0.05, 0) is 5.92 Å². The second-order valence-corrected chi connectivity index (χ2v) is 4.29. The molecule has 1 rings (SSSR count). The van der Waals surface area contributed by atoms with Gasteiger partial charge < -0.3 is 16.0 Å². The van der Waals surface area contributed by atoms with E-state index in [1.807, 2.05) is 0 Å². The van der Waals surface area contributed by atoms with Crippen LogP contribution in [0.15, 0.2) is 0 Å². The summed E-state index contributed by atoms with van der Waals surface area (Å²) in [5, 5.41) is 9.97. The first kappa shape index (κ1) is 10.9. The third-order valence-corrected chi connectivity index (χ3v) is 2.47. The van der Waals surface area contributed by atoms with E-state index in [-0.39, 0.29) is 0 Å². The predicted octanol–water partition coefficient (Wildman–Crippen LogP) is 0.121. The summed E-state index contributed by atoms with van der Waals surface area (Å²) in [4.78, 5) is 0.945. The lowest BCUT2D eigenvalue weighted by atomic mass is 10.2. The van der Waals surface area contributed by atoms with E-state index in [1.165, 1.54) is 0 Å². The molecule has 76 valence electrons. The minimum Gasteiger partial charge on any atom is -0.378 e. The Hall–Kier alpha value is -0.190. The van der Waals surface area contributed by atoms with Crippen molar-refractivity contribution in [2.24, 2.45) is 5.92 Å². The smallest absolute Gasteiger partial charge is 0.0939 e. The first-order valence-corrected chi connectivity index (χ1v) is 5.33. The van der Waals surface area contributed by atoms with Crippen molar-refractivity contribution in [1.29, 1.82) is 0 Å². The van der Waals surface area contributed by atoms with Crippen LogP contribution in [0.2, 0.25) is 0 Å². The SMILES string of the molecule is CC(C)CNC(=S)C1CNCCN1. The number of nitrogens with one attached hydrogen (secondary N) is 3. The number of piperazine rings is 1. The van der Waals surface area contributed by atoms with E-state index in [4.69, 9.17) is 12.2 Å². The maximum Gasteiger partial charge on any atom is 0.0939 e. The number of rotatable bonds is 3. The fourth-order valence-corrected chi connectivity index (χ4v) is 1.52. The first-order valence-electron chi connectivity index (χ1n) is 4.92. The largest absolute Gasteiger partial charge is 0.378 e. The quantitative estimate of drug-likeness (QED) is 0.567. The van der Waals surface area contributed by atoms with Crippen molar-refractivity contribution in [2.75, 3.05) is 26.2 Å². The van der Waals surface area contributed by atoms with E-state index < -0.39 is 0 Å². The molecule has 1 atom stereocenters. The van der Waals surface area contributed by atoms with Gasteiger partial charge >= 0.3 is 0 Å². The minimum absolute atomic E-state index is 0.322. The molecule has 1 fully saturated rings. The van der Waals surface area contributed by atoms with Gasteiger partial charge in [0.25, 0.3) is 0 Å². The molecule has 0 aromatic rings. The molecule has 3 N–H and O–H groups in total. The molecule has 4 heteroatoms. The zero-order chi connectivity index (χ0) is 9.68. The van der Waals surface area contributed by atoms with Crippen LogP contribution in [-0.4, -0.2) is 37.2 Å². The normalized spacial score (nSPS) is 23.2. The Morgan fingerprint density at radius 1 is 1.54 bits per heavy atom. The van der Waals surface area contributed by atoms with Gasteiger partial charge in [-0.2, -0.15) is 0 Å². The van der Waals surface area contributed by atoms with Crippen LogP contribution in [0.3, 0.4) is 0 Å². The topological polar surface area (TPSA) is 36.1 Å². The van der Waals surface area contributed by atoms with Crippen LogP contribution in [-0.2, 0) is 0 Å². The van der Waals surface area contributed by atoms with Crippen molar-refractivity contribution < 1.29 is 0 Å². The summed E-state index contributed by atoms with van der Waals surface area (Å²) >= 11 is 5.28. The van der Waals surface area contributed by atoms with E-state index >= 15 is 0 Å². The molecule has 13 heavy (non-hydrogen) atoms. The molecule has 1 saturated heterocycles. The zero-order valence-corrected chi connectivity index (χ0v) is 9.21. The lowest BCUT2D eigenvalue weighted by molar-refractivity contribution is 0.481. The fraction of sp³-hybridized carbons (Fsp3) is 0.889. The van der Waals surface area contributed by atoms with Crippen molar-refractivity contribution >= 4 is 17.2 Å². The van der Waals surface area contributed by atoms with Crippen LogP contribution in [0.5, 0.6) is 0 Å². The number of thiocarbonyl (C=S) groups is 1. The Morgan fingerprint density at radius 2 is 2.31 bits per heavy atom. The van der Waals surface area contributed by atoms with Gasteiger partial charge in [0.2, 0.25) is 0 Å². The van der Waals surface area contributed by atoms with Crippen molar-refractivity contribution in [3.63, 3.8) is 0 Å². The Morgan fingerprint density at radius 3 is 2.85 bits per heavy atom. The molecule has 0 aromatic carbocycles. The van der Waals surface area contributed by atoms with Gasteiger partial charge in [-0.1, -0.05) is 26.1 Å². The molecule has 0 aliphatic carbocycles. The van der Waals surface area contributed by atoms with Crippen molar-refractivity contribution in [3.05, 3.63) is 0 Å². The highest BCUT2D eigenvalue weighted by Crippen LogP contribution is 1.92. The average molecular weight is 201 g/mol. The summed E-state index contributed by atoms with van der Waals surface area (Å²) in [7, 11) is 0. The highest BCUT2D eigenvalue weighted by Gasteiger charge is 2.16. The molecular formula is C9H19N3S. The number of hydrogen-bond acceptors (Lipinski definition) is 3. The van der Waals surface area contributed by atoms with E-state index in [2.05, 4.69) is 29.8 Å². The molecule has 0 bridgehead atoms. The Kier molecular flexibility index (Phi) is 4.62. The third-order valence-electron chi connectivity index (χ3n) is 2.04. The highest BCUT2D eigenvalue weighted by molar-refractivity contribution is 7.80. The predicted molar refractivity (Wildman–Crippen MR) is 60.1 cm³/mol. The van der Waals surface area contributed by atoms with Crippen LogP contribution in [0.4, 0.5) is 0 Å². The first-order chi connectivity index (χ1) is 6.20.